The average Bonchev–Trinajstić information content (AvgIpc) is 2.65. The molecule has 1 aromatic heterocycles. The lowest BCUT2D eigenvalue weighted by Crippen LogP contribution is -2.21. The standard InChI is InChI=1S/C15H21BrN4/c1-4-8-20-15(14(17)11(2)18-20)19(3)10-12-6-5-7-13(16)9-12/h5-7,9H,4,8,10,17H2,1-3H3. The number of aryl methyl sites for hydroxylation is 2. The Morgan fingerprint density at radius 3 is 2.80 bits per heavy atom. The van der Waals surface area contributed by atoms with E-state index < -0.39 is 0 Å². The van der Waals surface area contributed by atoms with Crippen molar-refractivity contribution in [1.82, 2.24) is 9.78 Å². The second-order valence-electron chi connectivity index (χ2n) is 5.03. The molecule has 1 heterocycles. The van der Waals surface area contributed by atoms with Crippen molar-refractivity contribution in [3.8, 4) is 0 Å². The van der Waals surface area contributed by atoms with Crippen LogP contribution in [0.2, 0.25) is 0 Å². The Morgan fingerprint density at radius 1 is 1.40 bits per heavy atom. The smallest absolute Gasteiger partial charge is 0.150 e. The molecule has 5 heteroatoms. The van der Waals surface area contributed by atoms with Gasteiger partial charge in [-0.05, 0) is 31.0 Å². The van der Waals surface area contributed by atoms with E-state index in [2.05, 4.69) is 52.0 Å². The Labute approximate surface area is 128 Å². The number of rotatable bonds is 5. The third-order valence-corrected chi connectivity index (χ3v) is 3.74. The van der Waals surface area contributed by atoms with Crippen molar-refractivity contribution in [3.63, 3.8) is 0 Å². The van der Waals surface area contributed by atoms with Crippen LogP contribution in [-0.2, 0) is 13.1 Å². The van der Waals surface area contributed by atoms with Gasteiger partial charge in [0, 0.05) is 24.6 Å². The van der Waals surface area contributed by atoms with Crippen molar-refractivity contribution in [2.45, 2.75) is 33.4 Å². The topological polar surface area (TPSA) is 47.1 Å². The van der Waals surface area contributed by atoms with E-state index in [1.807, 2.05) is 23.7 Å². The molecule has 0 aliphatic rings. The van der Waals surface area contributed by atoms with Gasteiger partial charge in [0.05, 0.1) is 11.4 Å². The number of nitrogens with zero attached hydrogens (tertiary/aromatic N) is 3. The van der Waals surface area contributed by atoms with Gasteiger partial charge in [-0.25, -0.2) is 4.68 Å². The lowest BCUT2D eigenvalue weighted by atomic mass is 10.2. The molecule has 0 amide bonds. The van der Waals surface area contributed by atoms with Crippen molar-refractivity contribution in [3.05, 3.63) is 40.0 Å². The van der Waals surface area contributed by atoms with Gasteiger partial charge in [-0.15, -0.1) is 0 Å². The summed E-state index contributed by atoms with van der Waals surface area (Å²) in [4.78, 5) is 2.16. The molecule has 2 N–H and O–H groups in total. The Hall–Kier alpha value is -1.49. The maximum absolute atomic E-state index is 6.18. The number of anilines is 2. The molecule has 20 heavy (non-hydrogen) atoms. The summed E-state index contributed by atoms with van der Waals surface area (Å²) in [6.45, 7) is 5.79. The largest absolute Gasteiger partial charge is 0.394 e. The highest BCUT2D eigenvalue weighted by Gasteiger charge is 2.16. The number of nitrogens with two attached hydrogens (primary N) is 1. The van der Waals surface area contributed by atoms with E-state index >= 15 is 0 Å². The molecule has 0 radical (unpaired) electrons. The Bertz CT molecular complexity index is 592. The number of nitrogen functional groups attached to an aromatic ring is 1. The fourth-order valence-electron chi connectivity index (χ4n) is 2.34. The molecule has 0 atom stereocenters. The van der Waals surface area contributed by atoms with E-state index in [0.717, 1.165) is 41.2 Å². The number of hydrogen-bond donors (Lipinski definition) is 1. The lowest BCUT2D eigenvalue weighted by Gasteiger charge is -2.21. The van der Waals surface area contributed by atoms with Crippen LogP contribution in [0.5, 0.6) is 0 Å². The molecular weight excluding hydrogens is 316 g/mol. The minimum Gasteiger partial charge on any atom is -0.394 e. The van der Waals surface area contributed by atoms with E-state index in [0.29, 0.717) is 0 Å². The molecule has 0 aliphatic carbocycles. The van der Waals surface area contributed by atoms with E-state index in [1.165, 1.54) is 5.56 Å². The third-order valence-electron chi connectivity index (χ3n) is 3.25. The lowest BCUT2D eigenvalue weighted by molar-refractivity contribution is 0.591. The maximum atomic E-state index is 6.18. The predicted octanol–water partition coefficient (Wildman–Crippen LogP) is 3.58. The summed E-state index contributed by atoms with van der Waals surface area (Å²) in [7, 11) is 2.06. The number of benzene rings is 1. The summed E-state index contributed by atoms with van der Waals surface area (Å²) in [5.41, 5.74) is 9.09. The molecule has 0 bridgehead atoms. The summed E-state index contributed by atoms with van der Waals surface area (Å²) in [5.74, 6) is 1.00. The van der Waals surface area contributed by atoms with Gasteiger partial charge in [0.2, 0.25) is 0 Å². The monoisotopic (exact) mass is 336 g/mol. The average molecular weight is 337 g/mol. The van der Waals surface area contributed by atoms with Gasteiger partial charge >= 0.3 is 0 Å². The number of aromatic nitrogens is 2. The maximum Gasteiger partial charge on any atom is 0.150 e. The molecule has 2 aromatic rings. The van der Waals surface area contributed by atoms with Crippen LogP contribution < -0.4 is 10.6 Å². The first-order chi connectivity index (χ1) is 9.52. The molecule has 0 saturated carbocycles. The summed E-state index contributed by atoms with van der Waals surface area (Å²) in [5, 5.41) is 4.52. The van der Waals surface area contributed by atoms with Gasteiger partial charge in [-0.1, -0.05) is 35.0 Å². The minimum atomic E-state index is 0.774. The summed E-state index contributed by atoms with van der Waals surface area (Å²) in [6, 6.07) is 8.32. The van der Waals surface area contributed by atoms with Crippen molar-refractivity contribution < 1.29 is 0 Å². The molecule has 0 spiro atoms. The normalized spacial score (nSPS) is 10.8. The van der Waals surface area contributed by atoms with Crippen LogP contribution in [0.3, 0.4) is 0 Å². The highest BCUT2D eigenvalue weighted by atomic mass is 79.9. The quantitative estimate of drug-likeness (QED) is 0.907. The van der Waals surface area contributed by atoms with Crippen LogP contribution in [0.25, 0.3) is 0 Å². The van der Waals surface area contributed by atoms with E-state index in [1.54, 1.807) is 0 Å². The molecule has 0 aliphatic heterocycles. The van der Waals surface area contributed by atoms with Gasteiger partial charge in [0.1, 0.15) is 0 Å². The molecular formula is C15H21BrN4. The Balaban J connectivity index is 2.26. The zero-order valence-electron chi connectivity index (χ0n) is 12.2. The van der Waals surface area contributed by atoms with Crippen molar-refractivity contribution in [2.24, 2.45) is 0 Å². The molecule has 0 unspecified atom stereocenters. The van der Waals surface area contributed by atoms with Crippen LogP contribution in [-0.4, -0.2) is 16.8 Å². The van der Waals surface area contributed by atoms with Crippen molar-refractivity contribution in [1.29, 1.82) is 0 Å². The minimum absolute atomic E-state index is 0.774. The number of halogens is 1. The first-order valence-corrected chi connectivity index (χ1v) is 7.60. The molecule has 108 valence electrons. The van der Waals surface area contributed by atoms with Gasteiger partial charge in [-0.2, -0.15) is 5.10 Å². The fraction of sp³-hybridized carbons (Fsp3) is 0.400. The SMILES string of the molecule is CCCn1nc(C)c(N)c1N(C)Cc1cccc(Br)c1. The summed E-state index contributed by atoms with van der Waals surface area (Å²) >= 11 is 3.51. The van der Waals surface area contributed by atoms with Gasteiger partial charge in [0.25, 0.3) is 0 Å². The zero-order valence-corrected chi connectivity index (χ0v) is 13.8. The number of hydrogen-bond acceptors (Lipinski definition) is 3. The molecule has 2 rings (SSSR count). The Kier molecular flexibility index (Phi) is 4.70. The zero-order chi connectivity index (χ0) is 14.7. The highest BCUT2D eigenvalue weighted by Crippen LogP contribution is 2.27. The van der Waals surface area contributed by atoms with Gasteiger partial charge in [-0.3, -0.25) is 0 Å². The van der Waals surface area contributed by atoms with Gasteiger partial charge in [0.15, 0.2) is 5.82 Å². The van der Waals surface area contributed by atoms with E-state index in [9.17, 15) is 0 Å². The van der Waals surface area contributed by atoms with Crippen molar-refractivity contribution in [2.75, 3.05) is 17.7 Å². The van der Waals surface area contributed by atoms with Crippen LogP contribution in [0.15, 0.2) is 28.7 Å². The molecule has 1 aromatic carbocycles. The van der Waals surface area contributed by atoms with Crippen LogP contribution in [0.1, 0.15) is 24.6 Å². The van der Waals surface area contributed by atoms with E-state index in [4.69, 9.17) is 5.73 Å². The molecule has 0 fully saturated rings. The molecule has 0 saturated heterocycles. The van der Waals surface area contributed by atoms with Gasteiger partial charge < -0.3 is 10.6 Å². The van der Waals surface area contributed by atoms with Crippen LogP contribution in [0, 0.1) is 6.92 Å². The second kappa shape index (κ2) is 6.31. The van der Waals surface area contributed by atoms with E-state index in [-0.39, 0.29) is 0 Å². The fourth-order valence-corrected chi connectivity index (χ4v) is 2.78. The van der Waals surface area contributed by atoms with Crippen LogP contribution in [0.4, 0.5) is 11.5 Å². The summed E-state index contributed by atoms with van der Waals surface area (Å²) < 4.78 is 3.09. The first kappa shape index (κ1) is 14.9. The van der Waals surface area contributed by atoms with Crippen LogP contribution >= 0.6 is 15.9 Å². The predicted molar refractivity (Wildman–Crippen MR) is 87.9 cm³/mol. The third kappa shape index (κ3) is 3.15. The highest BCUT2D eigenvalue weighted by molar-refractivity contribution is 9.10. The first-order valence-electron chi connectivity index (χ1n) is 6.81. The summed E-state index contributed by atoms with van der Waals surface area (Å²) in [6.07, 6.45) is 1.04. The molecule has 4 nitrogen and oxygen atoms in total. The Morgan fingerprint density at radius 2 is 2.15 bits per heavy atom. The second-order valence-corrected chi connectivity index (χ2v) is 5.95. The van der Waals surface area contributed by atoms with Crippen molar-refractivity contribution >= 4 is 27.4 Å².